The largest absolute Gasteiger partial charge is 0.462 e. The standard InChI is InChI=1S/C65H126O5/c1-4-7-10-13-16-19-22-25-28-30-32-34-36-39-42-45-48-51-54-57-60-68-61-63(70-65(67)59-56-53-50-47-44-41-37-27-24-21-18-15-12-9-6-3)62-69-64(66)58-55-52-49-46-43-40-38-35-33-31-29-26-23-20-17-14-11-8-5-2/h27,37,63H,4-26,28-36,38-62H2,1-3H3/b37-27-. The third kappa shape index (κ3) is 59.2. The fourth-order valence-electron chi connectivity index (χ4n) is 9.98. The van der Waals surface area contributed by atoms with E-state index in [4.69, 9.17) is 14.2 Å². The van der Waals surface area contributed by atoms with Crippen molar-refractivity contribution in [2.24, 2.45) is 0 Å². The van der Waals surface area contributed by atoms with Crippen LogP contribution in [-0.4, -0.2) is 37.9 Å². The number of hydrogen-bond acceptors (Lipinski definition) is 5. The molecule has 0 saturated heterocycles. The second kappa shape index (κ2) is 61.9. The number of rotatable bonds is 61. The number of unbranched alkanes of at least 4 members (excludes halogenated alkanes) is 48. The quantitative estimate of drug-likeness (QED) is 0.0345. The van der Waals surface area contributed by atoms with Gasteiger partial charge >= 0.3 is 11.9 Å². The molecular weight excluding hydrogens is 861 g/mol. The molecule has 0 N–H and O–H groups in total. The van der Waals surface area contributed by atoms with Crippen LogP contribution in [0.5, 0.6) is 0 Å². The fraction of sp³-hybridized carbons (Fsp3) is 0.938. The van der Waals surface area contributed by atoms with Crippen LogP contribution in [0.25, 0.3) is 0 Å². The number of allylic oxidation sites excluding steroid dienone is 2. The van der Waals surface area contributed by atoms with Crippen molar-refractivity contribution in [3.63, 3.8) is 0 Å². The van der Waals surface area contributed by atoms with Crippen molar-refractivity contribution in [3.05, 3.63) is 12.2 Å². The molecule has 0 bridgehead atoms. The van der Waals surface area contributed by atoms with E-state index in [9.17, 15) is 9.59 Å². The summed E-state index contributed by atoms with van der Waals surface area (Å²) in [6, 6.07) is 0. The van der Waals surface area contributed by atoms with Gasteiger partial charge in [0.05, 0.1) is 6.61 Å². The maximum Gasteiger partial charge on any atom is 0.306 e. The van der Waals surface area contributed by atoms with Gasteiger partial charge in [0.1, 0.15) is 6.61 Å². The molecule has 0 aromatic heterocycles. The average molecular weight is 988 g/mol. The van der Waals surface area contributed by atoms with Crippen LogP contribution in [0.3, 0.4) is 0 Å². The Hall–Kier alpha value is -1.36. The lowest BCUT2D eigenvalue weighted by Crippen LogP contribution is -2.30. The Kier molecular flexibility index (Phi) is 60.7. The molecule has 1 unspecified atom stereocenters. The molecule has 1 atom stereocenters. The van der Waals surface area contributed by atoms with Gasteiger partial charge in [-0.25, -0.2) is 0 Å². The minimum atomic E-state index is -0.533. The van der Waals surface area contributed by atoms with Crippen molar-refractivity contribution in [2.45, 2.75) is 374 Å². The molecule has 0 saturated carbocycles. The zero-order chi connectivity index (χ0) is 50.6. The molecule has 0 aliphatic rings. The van der Waals surface area contributed by atoms with Crippen LogP contribution in [0, 0.1) is 0 Å². The summed E-state index contributed by atoms with van der Waals surface area (Å²) in [5, 5.41) is 0. The summed E-state index contributed by atoms with van der Waals surface area (Å²) in [6.07, 6.45) is 74.0. The molecule has 0 fully saturated rings. The zero-order valence-electron chi connectivity index (χ0n) is 48.1. The van der Waals surface area contributed by atoms with Crippen LogP contribution < -0.4 is 0 Å². The third-order valence-electron chi connectivity index (χ3n) is 14.8. The number of esters is 2. The molecule has 0 aromatic rings. The molecule has 0 amide bonds. The van der Waals surface area contributed by atoms with E-state index in [1.54, 1.807) is 0 Å². The summed E-state index contributed by atoms with van der Waals surface area (Å²) >= 11 is 0. The molecule has 0 spiro atoms. The average Bonchev–Trinajstić information content (AvgIpc) is 3.36. The van der Waals surface area contributed by atoms with Crippen LogP contribution in [0.2, 0.25) is 0 Å². The number of hydrogen-bond donors (Lipinski definition) is 0. The van der Waals surface area contributed by atoms with Gasteiger partial charge in [-0.2, -0.15) is 0 Å². The second-order valence-corrected chi connectivity index (χ2v) is 22.0. The Labute approximate surface area is 439 Å². The molecule has 0 heterocycles. The van der Waals surface area contributed by atoms with E-state index in [1.165, 1.54) is 289 Å². The highest BCUT2D eigenvalue weighted by Gasteiger charge is 2.18. The van der Waals surface area contributed by atoms with Gasteiger partial charge in [0.15, 0.2) is 6.10 Å². The van der Waals surface area contributed by atoms with Crippen LogP contribution >= 0.6 is 0 Å². The highest BCUT2D eigenvalue weighted by Crippen LogP contribution is 2.18. The summed E-state index contributed by atoms with van der Waals surface area (Å²) in [7, 11) is 0. The minimum Gasteiger partial charge on any atom is -0.462 e. The van der Waals surface area contributed by atoms with Crippen molar-refractivity contribution in [3.8, 4) is 0 Å². The first-order chi connectivity index (χ1) is 34.6. The van der Waals surface area contributed by atoms with Gasteiger partial charge in [-0.05, 0) is 44.9 Å². The highest BCUT2D eigenvalue weighted by atomic mass is 16.6. The first kappa shape index (κ1) is 68.6. The van der Waals surface area contributed by atoms with Crippen molar-refractivity contribution in [2.75, 3.05) is 19.8 Å². The first-order valence-corrected chi connectivity index (χ1v) is 32.2. The maximum atomic E-state index is 12.9. The first-order valence-electron chi connectivity index (χ1n) is 32.2. The Morgan fingerprint density at radius 2 is 0.557 bits per heavy atom. The Morgan fingerprint density at radius 3 is 0.871 bits per heavy atom. The lowest BCUT2D eigenvalue weighted by molar-refractivity contribution is -0.163. The summed E-state index contributed by atoms with van der Waals surface area (Å²) in [5.41, 5.74) is 0. The molecule has 0 aromatic carbocycles. The molecule has 0 aliphatic carbocycles. The van der Waals surface area contributed by atoms with Crippen LogP contribution in [0.1, 0.15) is 367 Å². The molecule has 5 heteroatoms. The van der Waals surface area contributed by atoms with E-state index in [2.05, 4.69) is 32.9 Å². The summed E-state index contributed by atoms with van der Waals surface area (Å²) in [6.45, 7) is 7.92. The van der Waals surface area contributed by atoms with Gasteiger partial charge < -0.3 is 14.2 Å². The molecular formula is C65H126O5. The van der Waals surface area contributed by atoms with E-state index >= 15 is 0 Å². The minimum absolute atomic E-state index is 0.0926. The Bertz CT molecular complexity index is 1030. The number of carbonyl (C=O) groups is 2. The van der Waals surface area contributed by atoms with Crippen molar-refractivity contribution < 1.29 is 23.8 Å². The molecule has 416 valence electrons. The van der Waals surface area contributed by atoms with Crippen LogP contribution in [0.4, 0.5) is 0 Å². The lowest BCUT2D eigenvalue weighted by Gasteiger charge is -2.18. The smallest absolute Gasteiger partial charge is 0.306 e. The van der Waals surface area contributed by atoms with Gasteiger partial charge in [0, 0.05) is 19.4 Å². The van der Waals surface area contributed by atoms with Crippen molar-refractivity contribution in [1.82, 2.24) is 0 Å². The van der Waals surface area contributed by atoms with Gasteiger partial charge in [0.2, 0.25) is 0 Å². The van der Waals surface area contributed by atoms with Gasteiger partial charge in [-0.1, -0.05) is 322 Å². The number of ether oxygens (including phenoxy) is 3. The summed E-state index contributed by atoms with van der Waals surface area (Å²) < 4.78 is 17.6. The molecule has 0 rings (SSSR count). The zero-order valence-corrected chi connectivity index (χ0v) is 48.1. The van der Waals surface area contributed by atoms with E-state index in [0.29, 0.717) is 26.1 Å². The molecule has 0 aliphatic heterocycles. The Morgan fingerprint density at radius 1 is 0.300 bits per heavy atom. The lowest BCUT2D eigenvalue weighted by atomic mass is 10.0. The maximum absolute atomic E-state index is 12.9. The normalized spacial score (nSPS) is 12.1. The van der Waals surface area contributed by atoms with Crippen molar-refractivity contribution >= 4 is 11.9 Å². The van der Waals surface area contributed by atoms with E-state index in [-0.39, 0.29) is 18.5 Å². The molecule has 5 nitrogen and oxygen atoms in total. The molecule has 0 radical (unpaired) electrons. The van der Waals surface area contributed by atoms with E-state index in [1.807, 2.05) is 0 Å². The summed E-state index contributed by atoms with van der Waals surface area (Å²) in [4.78, 5) is 25.6. The predicted octanol–water partition coefficient (Wildman–Crippen LogP) is 22.1. The van der Waals surface area contributed by atoms with Crippen molar-refractivity contribution in [1.29, 1.82) is 0 Å². The van der Waals surface area contributed by atoms with Crippen LogP contribution in [0.15, 0.2) is 12.2 Å². The third-order valence-corrected chi connectivity index (χ3v) is 14.8. The topological polar surface area (TPSA) is 61.8 Å². The van der Waals surface area contributed by atoms with E-state index in [0.717, 1.165) is 44.9 Å². The molecule has 70 heavy (non-hydrogen) atoms. The Balaban J connectivity index is 4.18. The van der Waals surface area contributed by atoms with Crippen LogP contribution in [-0.2, 0) is 23.8 Å². The fourth-order valence-corrected chi connectivity index (χ4v) is 9.98. The highest BCUT2D eigenvalue weighted by molar-refractivity contribution is 5.70. The summed E-state index contributed by atoms with van der Waals surface area (Å²) in [5.74, 6) is -0.376. The SMILES string of the molecule is CCCCCCCC/C=C\CCCCCCCC(=O)OC(COCCCCCCCCCCCCCCCCCCCCCC)COC(=O)CCCCCCCCCCCCCCCCCCCCC. The van der Waals surface area contributed by atoms with Gasteiger partial charge in [-0.15, -0.1) is 0 Å². The van der Waals surface area contributed by atoms with Gasteiger partial charge in [0.25, 0.3) is 0 Å². The number of carbonyl (C=O) groups excluding carboxylic acids is 2. The second-order valence-electron chi connectivity index (χ2n) is 22.0. The monoisotopic (exact) mass is 987 g/mol. The van der Waals surface area contributed by atoms with Gasteiger partial charge in [-0.3, -0.25) is 9.59 Å². The van der Waals surface area contributed by atoms with E-state index < -0.39 is 6.10 Å². The predicted molar refractivity (Wildman–Crippen MR) is 307 cm³/mol.